The van der Waals surface area contributed by atoms with Gasteiger partial charge < -0.3 is 54.6 Å². The maximum atomic E-state index is 13.1. The number of nitrogens with two attached hydrogens (primary N) is 4. The van der Waals surface area contributed by atoms with Gasteiger partial charge in [0.15, 0.2) is 5.96 Å². The first-order valence-corrected chi connectivity index (χ1v) is 14.9. The molecule has 0 aliphatic carbocycles. The lowest BCUT2D eigenvalue weighted by Crippen LogP contribution is -2.57. The third-order valence-electron chi connectivity index (χ3n) is 6.57. The molecule has 0 saturated carbocycles. The molecule has 5 atom stereocenters. The summed E-state index contributed by atoms with van der Waals surface area (Å²) in [6.45, 7) is 6.31. The van der Waals surface area contributed by atoms with E-state index in [4.69, 9.17) is 28.3 Å². The zero-order valence-electron chi connectivity index (χ0n) is 25.7. The molecule has 0 aliphatic heterocycles. The predicted molar refractivity (Wildman–Crippen MR) is 163 cm³/mol. The lowest BCUT2D eigenvalue weighted by Gasteiger charge is -2.25. The van der Waals surface area contributed by atoms with Crippen LogP contribution in [0.1, 0.15) is 78.6 Å². The molecule has 0 heterocycles. The van der Waals surface area contributed by atoms with Gasteiger partial charge in [0.2, 0.25) is 23.6 Å². The van der Waals surface area contributed by atoms with Crippen LogP contribution >= 0.6 is 0 Å². The minimum absolute atomic E-state index is 0.0964. The predicted octanol–water partition coefficient (Wildman–Crippen LogP) is -2.08. The zero-order valence-corrected chi connectivity index (χ0v) is 25.7. The van der Waals surface area contributed by atoms with Gasteiger partial charge in [0.05, 0.1) is 6.04 Å². The smallest absolute Gasteiger partial charge is 0.326 e. The SMILES string of the molecule is CC(C)C[C@H](N)C(=O)N[C@@H](CCCCN)C(=O)N[C@@H](C)C(=O)N[C@@H](CCCNC(=N)N)C(=O)N[C@@H](CCCCN)C(=O)O. The number of carboxylic acid groups (broad SMARTS) is 1. The molecule has 0 spiro atoms. The molecular formula is C27H54N10O6. The van der Waals surface area contributed by atoms with Crippen LogP contribution in [-0.2, 0) is 24.0 Å². The van der Waals surface area contributed by atoms with Crippen LogP contribution in [-0.4, -0.2) is 90.5 Å². The molecule has 0 aromatic heterocycles. The van der Waals surface area contributed by atoms with Crippen LogP contribution in [0.5, 0.6) is 0 Å². The van der Waals surface area contributed by atoms with Crippen molar-refractivity contribution in [3.05, 3.63) is 0 Å². The number of aliphatic carboxylic acids is 1. The van der Waals surface area contributed by atoms with Crippen LogP contribution < -0.4 is 49.5 Å². The van der Waals surface area contributed by atoms with Crippen LogP contribution in [0.3, 0.4) is 0 Å². The van der Waals surface area contributed by atoms with Gasteiger partial charge in [-0.25, -0.2) is 4.79 Å². The van der Waals surface area contributed by atoms with Gasteiger partial charge >= 0.3 is 5.97 Å². The monoisotopic (exact) mass is 614 g/mol. The van der Waals surface area contributed by atoms with Gasteiger partial charge in [0.25, 0.3) is 0 Å². The summed E-state index contributed by atoms with van der Waals surface area (Å²) in [6, 6.07) is -5.16. The molecule has 248 valence electrons. The Hall–Kier alpha value is -3.50. The first-order valence-electron chi connectivity index (χ1n) is 14.9. The summed E-state index contributed by atoms with van der Waals surface area (Å²) in [5, 5.41) is 29.7. The van der Waals surface area contributed by atoms with E-state index in [2.05, 4.69) is 26.6 Å². The third kappa shape index (κ3) is 17.9. The van der Waals surface area contributed by atoms with Gasteiger partial charge in [-0.15, -0.1) is 0 Å². The lowest BCUT2D eigenvalue weighted by molar-refractivity contribution is -0.142. The van der Waals surface area contributed by atoms with Crippen molar-refractivity contribution in [2.24, 2.45) is 28.9 Å². The van der Waals surface area contributed by atoms with Crippen molar-refractivity contribution < 1.29 is 29.1 Å². The van der Waals surface area contributed by atoms with Crippen molar-refractivity contribution in [1.29, 1.82) is 5.41 Å². The van der Waals surface area contributed by atoms with Gasteiger partial charge in [-0.3, -0.25) is 24.6 Å². The lowest BCUT2D eigenvalue weighted by atomic mass is 10.0. The van der Waals surface area contributed by atoms with Gasteiger partial charge in [0.1, 0.15) is 24.2 Å². The number of rotatable bonds is 23. The van der Waals surface area contributed by atoms with E-state index in [0.29, 0.717) is 51.6 Å². The van der Waals surface area contributed by atoms with Gasteiger partial charge in [-0.1, -0.05) is 13.8 Å². The van der Waals surface area contributed by atoms with Crippen molar-refractivity contribution in [3.63, 3.8) is 0 Å². The van der Waals surface area contributed by atoms with Crippen molar-refractivity contribution in [3.8, 4) is 0 Å². The minimum atomic E-state index is -1.22. The second kappa shape index (κ2) is 22.1. The number of carbonyl (C=O) groups excluding carboxylic acids is 4. The summed E-state index contributed by atoms with van der Waals surface area (Å²) in [4.78, 5) is 63.5. The van der Waals surface area contributed by atoms with Crippen molar-refractivity contribution in [1.82, 2.24) is 26.6 Å². The maximum Gasteiger partial charge on any atom is 0.326 e. The van der Waals surface area contributed by atoms with Crippen molar-refractivity contribution in [2.75, 3.05) is 19.6 Å². The van der Waals surface area contributed by atoms with Crippen LogP contribution in [0, 0.1) is 11.3 Å². The molecule has 0 rings (SSSR count). The Balaban J connectivity index is 5.53. The summed E-state index contributed by atoms with van der Waals surface area (Å²) in [5.41, 5.74) is 22.3. The van der Waals surface area contributed by atoms with E-state index < -0.39 is 59.8 Å². The number of amides is 4. The second-order valence-electron chi connectivity index (χ2n) is 11.0. The number of nitrogens with one attached hydrogen (secondary N) is 6. The Morgan fingerprint density at radius 3 is 1.65 bits per heavy atom. The molecule has 4 amide bonds. The molecule has 0 unspecified atom stereocenters. The molecule has 0 bridgehead atoms. The average Bonchev–Trinajstić information content (AvgIpc) is 2.92. The third-order valence-corrected chi connectivity index (χ3v) is 6.57. The number of unbranched alkanes of at least 4 members (excludes halogenated alkanes) is 2. The summed E-state index contributed by atoms with van der Waals surface area (Å²) in [5.74, 6) is -3.77. The van der Waals surface area contributed by atoms with Gasteiger partial charge in [-0.2, -0.15) is 0 Å². The van der Waals surface area contributed by atoms with Crippen molar-refractivity contribution in [2.45, 2.75) is 109 Å². The highest BCUT2D eigenvalue weighted by molar-refractivity contribution is 5.95. The fourth-order valence-electron chi connectivity index (χ4n) is 4.15. The van der Waals surface area contributed by atoms with E-state index in [9.17, 15) is 29.1 Å². The Morgan fingerprint density at radius 2 is 1.16 bits per heavy atom. The van der Waals surface area contributed by atoms with Crippen LogP contribution in [0.4, 0.5) is 0 Å². The molecule has 16 heteroatoms. The summed E-state index contributed by atoms with van der Waals surface area (Å²) in [7, 11) is 0. The normalized spacial score (nSPS) is 14.5. The quantitative estimate of drug-likeness (QED) is 0.0337. The Morgan fingerprint density at radius 1 is 0.698 bits per heavy atom. The van der Waals surface area contributed by atoms with Crippen LogP contribution in [0.15, 0.2) is 0 Å². The first kappa shape index (κ1) is 39.5. The first-order chi connectivity index (χ1) is 20.2. The van der Waals surface area contributed by atoms with E-state index in [1.54, 1.807) is 0 Å². The molecule has 0 fully saturated rings. The maximum absolute atomic E-state index is 13.1. The van der Waals surface area contributed by atoms with E-state index in [1.165, 1.54) is 6.92 Å². The summed E-state index contributed by atoms with van der Waals surface area (Å²) in [6.07, 6.45) is 3.56. The fourth-order valence-corrected chi connectivity index (χ4v) is 4.15. The highest BCUT2D eigenvalue weighted by Crippen LogP contribution is 2.07. The van der Waals surface area contributed by atoms with E-state index in [0.717, 1.165) is 0 Å². The number of hydrogen-bond acceptors (Lipinski definition) is 9. The average molecular weight is 615 g/mol. The van der Waals surface area contributed by atoms with Gasteiger partial charge in [0, 0.05) is 6.54 Å². The van der Waals surface area contributed by atoms with Crippen LogP contribution in [0.25, 0.3) is 0 Å². The van der Waals surface area contributed by atoms with Crippen LogP contribution in [0.2, 0.25) is 0 Å². The van der Waals surface area contributed by atoms with E-state index in [-0.39, 0.29) is 37.7 Å². The summed E-state index contributed by atoms with van der Waals surface area (Å²) >= 11 is 0. The molecule has 0 aromatic carbocycles. The number of carboxylic acids is 1. The highest BCUT2D eigenvalue weighted by Gasteiger charge is 2.30. The molecule has 15 N–H and O–H groups in total. The Bertz CT molecular complexity index is 903. The summed E-state index contributed by atoms with van der Waals surface area (Å²) < 4.78 is 0. The number of guanidine groups is 1. The molecule has 0 aliphatic rings. The number of hydrogen-bond donors (Lipinski definition) is 11. The molecular weight excluding hydrogens is 560 g/mol. The molecule has 0 radical (unpaired) electrons. The highest BCUT2D eigenvalue weighted by atomic mass is 16.4. The second-order valence-corrected chi connectivity index (χ2v) is 11.0. The zero-order chi connectivity index (χ0) is 32.9. The molecule has 0 aromatic rings. The minimum Gasteiger partial charge on any atom is -0.480 e. The molecule has 0 saturated heterocycles. The van der Waals surface area contributed by atoms with Gasteiger partial charge in [-0.05, 0) is 83.7 Å². The largest absolute Gasteiger partial charge is 0.480 e. The fraction of sp³-hybridized carbons (Fsp3) is 0.778. The van der Waals surface area contributed by atoms with E-state index >= 15 is 0 Å². The molecule has 16 nitrogen and oxygen atoms in total. The topological polar surface area (TPSA) is 294 Å². The van der Waals surface area contributed by atoms with E-state index in [1.807, 2.05) is 13.8 Å². The number of carbonyl (C=O) groups is 5. The standard InChI is InChI=1S/C27H54N10O6/c1-16(2)15-18(30)23(39)36-19(9-4-6-12-28)24(40)34-17(3)22(38)35-20(11-8-14-33-27(31)32)25(41)37-21(26(42)43)10-5-7-13-29/h16-21H,4-15,28-30H2,1-3H3,(H,34,40)(H,35,38)(H,36,39)(H,37,41)(H,42,43)(H4,31,32,33)/t17-,18-,19-,20-,21-/m0/s1. The Kier molecular flexibility index (Phi) is 20.3. The Labute approximate surface area is 254 Å². The van der Waals surface area contributed by atoms with Crippen molar-refractivity contribution >= 4 is 35.6 Å². The molecule has 43 heavy (non-hydrogen) atoms.